The Labute approximate surface area is 126 Å². The van der Waals surface area contributed by atoms with Crippen LogP contribution in [0.5, 0.6) is 0 Å². The fourth-order valence-electron chi connectivity index (χ4n) is 2.10. The van der Waals surface area contributed by atoms with Crippen molar-refractivity contribution >= 4 is 11.6 Å². The van der Waals surface area contributed by atoms with Crippen LogP contribution in [0.15, 0.2) is 30.3 Å². The SMILES string of the molecule is CCCNCc1cc(Cl)ccc1-c1cc(F)c(F)c(F)c1. The number of halogens is 4. The zero-order chi connectivity index (χ0) is 15.4. The summed E-state index contributed by atoms with van der Waals surface area (Å²) in [7, 11) is 0. The third kappa shape index (κ3) is 3.77. The molecule has 1 N–H and O–H groups in total. The zero-order valence-electron chi connectivity index (χ0n) is 11.5. The summed E-state index contributed by atoms with van der Waals surface area (Å²) >= 11 is 5.97. The predicted molar refractivity (Wildman–Crippen MR) is 78.8 cm³/mol. The molecule has 21 heavy (non-hydrogen) atoms. The molecule has 0 aliphatic carbocycles. The van der Waals surface area contributed by atoms with Crippen LogP contribution in [0.1, 0.15) is 18.9 Å². The van der Waals surface area contributed by atoms with Gasteiger partial charge in [0.1, 0.15) is 0 Å². The number of benzene rings is 2. The molecule has 0 fully saturated rings. The van der Waals surface area contributed by atoms with E-state index in [-0.39, 0.29) is 5.56 Å². The Morgan fingerprint density at radius 2 is 1.71 bits per heavy atom. The Kier molecular flexibility index (Phi) is 5.26. The fraction of sp³-hybridized carbons (Fsp3) is 0.250. The van der Waals surface area contributed by atoms with Crippen LogP contribution in [0, 0.1) is 17.5 Å². The third-order valence-corrected chi connectivity index (χ3v) is 3.34. The fourth-order valence-corrected chi connectivity index (χ4v) is 2.30. The van der Waals surface area contributed by atoms with Gasteiger partial charge in [-0.05, 0) is 53.9 Å². The molecule has 0 unspecified atom stereocenters. The van der Waals surface area contributed by atoms with E-state index >= 15 is 0 Å². The largest absolute Gasteiger partial charge is 0.313 e. The molecule has 0 aromatic heterocycles. The van der Waals surface area contributed by atoms with Crippen LogP contribution in [-0.4, -0.2) is 6.54 Å². The molecule has 0 atom stereocenters. The van der Waals surface area contributed by atoms with Crippen LogP contribution >= 0.6 is 11.6 Å². The monoisotopic (exact) mass is 313 g/mol. The summed E-state index contributed by atoms with van der Waals surface area (Å²) < 4.78 is 39.8. The molecule has 0 heterocycles. The molecular weight excluding hydrogens is 299 g/mol. The number of nitrogens with one attached hydrogen (secondary N) is 1. The van der Waals surface area contributed by atoms with Crippen molar-refractivity contribution in [1.29, 1.82) is 0 Å². The van der Waals surface area contributed by atoms with Crippen molar-refractivity contribution in [1.82, 2.24) is 5.32 Å². The second-order valence-corrected chi connectivity index (χ2v) is 5.17. The Morgan fingerprint density at radius 3 is 2.33 bits per heavy atom. The van der Waals surface area contributed by atoms with Crippen LogP contribution in [0.3, 0.4) is 0 Å². The van der Waals surface area contributed by atoms with Crippen molar-refractivity contribution in [3.63, 3.8) is 0 Å². The van der Waals surface area contributed by atoms with Gasteiger partial charge >= 0.3 is 0 Å². The minimum atomic E-state index is -1.46. The molecular formula is C16H15ClF3N. The van der Waals surface area contributed by atoms with E-state index in [0.29, 0.717) is 17.1 Å². The van der Waals surface area contributed by atoms with Gasteiger partial charge in [-0.3, -0.25) is 0 Å². The second-order valence-electron chi connectivity index (χ2n) is 4.73. The van der Waals surface area contributed by atoms with Gasteiger partial charge in [-0.15, -0.1) is 0 Å². The Balaban J connectivity index is 2.43. The average molecular weight is 314 g/mol. The highest BCUT2D eigenvalue weighted by molar-refractivity contribution is 6.30. The van der Waals surface area contributed by atoms with Gasteiger partial charge in [-0.2, -0.15) is 0 Å². The van der Waals surface area contributed by atoms with Crippen molar-refractivity contribution < 1.29 is 13.2 Å². The van der Waals surface area contributed by atoms with Crippen molar-refractivity contribution in [2.75, 3.05) is 6.54 Å². The van der Waals surface area contributed by atoms with E-state index < -0.39 is 17.5 Å². The molecule has 0 aliphatic heterocycles. The van der Waals surface area contributed by atoms with Gasteiger partial charge in [-0.1, -0.05) is 24.6 Å². The summed E-state index contributed by atoms with van der Waals surface area (Å²) in [5.74, 6) is -3.86. The van der Waals surface area contributed by atoms with Crippen LogP contribution in [0.2, 0.25) is 5.02 Å². The molecule has 0 saturated carbocycles. The van der Waals surface area contributed by atoms with Gasteiger partial charge in [0.15, 0.2) is 17.5 Å². The van der Waals surface area contributed by atoms with E-state index in [4.69, 9.17) is 11.6 Å². The van der Waals surface area contributed by atoms with E-state index in [2.05, 4.69) is 5.32 Å². The first kappa shape index (κ1) is 15.9. The Morgan fingerprint density at radius 1 is 1.05 bits per heavy atom. The summed E-state index contributed by atoms with van der Waals surface area (Å²) in [6, 6.07) is 7.03. The molecule has 0 radical (unpaired) electrons. The van der Waals surface area contributed by atoms with Crippen molar-refractivity contribution in [2.24, 2.45) is 0 Å². The maximum Gasteiger partial charge on any atom is 0.194 e. The minimum absolute atomic E-state index is 0.288. The third-order valence-electron chi connectivity index (χ3n) is 3.10. The summed E-state index contributed by atoms with van der Waals surface area (Å²) in [5.41, 5.74) is 1.72. The minimum Gasteiger partial charge on any atom is -0.313 e. The van der Waals surface area contributed by atoms with Crippen LogP contribution < -0.4 is 5.32 Å². The van der Waals surface area contributed by atoms with Crippen molar-refractivity contribution in [2.45, 2.75) is 19.9 Å². The van der Waals surface area contributed by atoms with Crippen LogP contribution in [-0.2, 0) is 6.54 Å². The highest BCUT2D eigenvalue weighted by atomic mass is 35.5. The summed E-state index contributed by atoms with van der Waals surface area (Å²) in [6.45, 7) is 3.37. The lowest BCUT2D eigenvalue weighted by molar-refractivity contribution is 0.447. The van der Waals surface area contributed by atoms with Crippen molar-refractivity contribution in [3.8, 4) is 11.1 Å². The number of hydrogen-bond donors (Lipinski definition) is 1. The number of rotatable bonds is 5. The number of hydrogen-bond acceptors (Lipinski definition) is 1. The summed E-state index contributed by atoms with van der Waals surface area (Å²) in [5, 5.41) is 3.75. The van der Waals surface area contributed by atoms with E-state index in [1.807, 2.05) is 6.92 Å². The smallest absolute Gasteiger partial charge is 0.194 e. The van der Waals surface area contributed by atoms with Gasteiger partial charge in [0.05, 0.1) is 0 Å². The molecule has 0 aliphatic rings. The van der Waals surface area contributed by atoms with Gasteiger partial charge in [-0.25, -0.2) is 13.2 Å². The molecule has 5 heteroatoms. The topological polar surface area (TPSA) is 12.0 Å². The highest BCUT2D eigenvalue weighted by Crippen LogP contribution is 2.29. The van der Waals surface area contributed by atoms with Gasteiger partial charge in [0.25, 0.3) is 0 Å². The van der Waals surface area contributed by atoms with Gasteiger partial charge in [0, 0.05) is 11.6 Å². The lowest BCUT2D eigenvalue weighted by atomic mass is 9.99. The lowest BCUT2D eigenvalue weighted by Crippen LogP contribution is -2.14. The maximum absolute atomic E-state index is 13.4. The van der Waals surface area contributed by atoms with Crippen LogP contribution in [0.25, 0.3) is 11.1 Å². The zero-order valence-corrected chi connectivity index (χ0v) is 12.3. The van der Waals surface area contributed by atoms with E-state index in [1.165, 1.54) is 0 Å². The first-order valence-electron chi connectivity index (χ1n) is 6.67. The standard InChI is InChI=1S/C16H15ClF3N/c1-2-5-21-9-11-6-12(17)3-4-13(11)10-7-14(18)16(20)15(19)8-10/h3-4,6-8,21H,2,5,9H2,1H3. The molecule has 0 amide bonds. The predicted octanol–water partition coefficient (Wildman–Crippen LogP) is 4.92. The first-order valence-corrected chi connectivity index (χ1v) is 7.04. The quantitative estimate of drug-likeness (QED) is 0.610. The Bertz CT molecular complexity index is 620. The van der Waals surface area contributed by atoms with E-state index in [1.54, 1.807) is 18.2 Å². The molecule has 0 saturated heterocycles. The maximum atomic E-state index is 13.4. The lowest BCUT2D eigenvalue weighted by Gasteiger charge is -2.12. The average Bonchev–Trinajstić information content (AvgIpc) is 2.45. The normalized spacial score (nSPS) is 10.9. The van der Waals surface area contributed by atoms with E-state index in [9.17, 15) is 13.2 Å². The summed E-state index contributed by atoms with van der Waals surface area (Å²) in [6.07, 6.45) is 0.968. The first-order chi connectivity index (χ1) is 10.0. The van der Waals surface area contributed by atoms with Gasteiger partial charge < -0.3 is 5.32 Å². The van der Waals surface area contributed by atoms with Crippen molar-refractivity contribution in [3.05, 3.63) is 58.4 Å². The molecule has 2 aromatic carbocycles. The van der Waals surface area contributed by atoms with Gasteiger partial charge in [0.2, 0.25) is 0 Å². The molecule has 2 rings (SSSR count). The summed E-state index contributed by atoms with van der Waals surface area (Å²) in [4.78, 5) is 0. The second kappa shape index (κ2) is 6.96. The highest BCUT2D eigenvalue weighted by Gasteiger charge is 2.14. The molecule has 2 aromatic rings. The molecule has 0 spiro atoms. The molecule has 112 valence electrons. The van der Waals surface area contributed by atoms with E-state index in [0.717, 1.165) is 30.7 Å². The Hall–Kier alpha value is -1.52. The molecule has 1 nitrogen and oxygen atoms in total. The van der Waals surface area contributed by atoms with Crippen LogP contribution in [0.4, 0.5) is 13.2 Å². The molecule has 0 bridgehead atoms.